The van der Waals surface area contributed by atoms with Crippen LogP contribution in [0, 0.1) is 0 Å². The van der Waals surface area contributed by atoms with Crippen LogP contribution in [-0.4, -0.2) is 7.85 Å². The quantitative estimate of drug-likeness (QED) is 0.218. The fraction of sp³-hybridized carbons (Fsp3) is 0.0556. The van der Waals surface area contributed by atoms with E-state index in [9.17, 15) is 0 Å². The van der Waals surface area contributed by atoms with E-state index in [1.807, 2.05) is 36.4 Å². The van der Waals surface area contributed by atoms with Crippen molar-refractivity contribution in [1.82, 2.24) is 0 Å². The van der Waals surface area contributed by atoms with Gasteiger partial charge in [-0.1, -0.05) is 109 Å². The third kappa shape index (κ3) is 4.38. The Kier molecular flexibility index (Phi) is 6.22. The van der Waals surface area contributed by atoms with Crippen molar-refractivity contribution in [3.63, 3.8) is 0 Å². The van der Waals surface area contributed by atoms with Gasteiger partial charge in [-0.2, -0.15) is 0 Å². The highest BCUT2D eigenvalue weighted by molar-refractivity contribution is 6.28. The molecule has 0 saturated carbocycles. The van der Waals surface area contributed by atoms with Crippen molar-refractivity contribution in [2.24, 2.45) is 0 Å². The predicted octanol–water partition coefficient (Wildman–Crippen LogP) is 8.65. The van der Waals surface area contributed by atoms with Crippen LogP contribution in [0.3, 0.4) is 0 Å². The van der Waals surface area contributed by atoms with E-state index >= 15 is 0 Å². The molecule has 2 N–H and O–H groups in total. The van der Waals surface area contributed by atoms with Crippen LogP contribution in [0.4, 0.5) is 22.9 Å². The molecule has 0 bridgehead atoms. The fourth-order valence-electron chi connectivity index (χ4n) is 5.97. The van der Waals surface area contributed by atoms with Crippen molar-refractivity contribution in [3.05, 3.63) is 161 Å². The first-order valence-corrected chi connectivity index (χ1v) is 13.8. The highest BCUT2D eigenvalue weighted by Gasteiger charge is 2.27. The van der Waals surface area contributed by atoms with Crippen molar-refractivity contribution in [1.29, 1.82) is 0 Å². The number of anilines is 4. The molecule has 0 spiro atoms. The Labute approximate surface area is 235 Å². The fourth-order valence-corrected chi connectivity index (χ4v) is 5.97. The molecule has 1 atom stereocenters. The molecule has 1 aliphatic rings. The van der Waals surface area contributed by atoms with Crippen molar-refractivity contribution in [2.45, 2.75) is 12.3 Å². The SMILES string of the molecule is BC1=C(c2ccccc2Nc2oc3ccccc3c2Nc2ccccc2)c2ccccc2C[C@H]1c1ccccc1. The molecule has 1 aliphatic carbocycles. The summed E-state index contributed by atoms with van der Waals surface area (Å²) in [6, 6.07) is 46.6. The van der Waals surface area contributed by atoms with Gasteiger partial charge in [0, 0.05) is 28.2 Å². The van der Waals surface area contributed by atoms with Crippen molar-refractivity contribution >= 4 is 47.3 Å². The zero-order valence-corrected chi connectivity index (χ0v) is 22.4. The average Bonchev–Trinajstić information content (AvgIpc) is 3.35. The largest absolute Gasteiger partial charge is 0.438 e. The van der Waals surface area contributed by atoms with Crippen LogP contribution in [-0.2, 0) is 6.42 Å². The van der Waals surface area contributed by atoms with E-state index < -0.39 is 0 Å². The topological polar surface area (TPSA) is 37.2 Å². The molecule has 3 nitrogen and oxygen atoms in total. The molecule has 0 amide bonds. The number of fused-ring (bicyclic) bond motifs is 2. The molecule has 1 heterocycles. The van der Waals surface area contributed by atoms with Gasteiger partial charge in [0.05, 0.1) is 0 Å². The Morgan fingerprint density at radius 1 is 0.625 bits per heavy atom. The maximum atomic E-state index is 6.41. The third-order valence-corrected chi connectivity index (χ3v) is 7.91. The lowest BCUT2D eigenvalue weighted by Gasteiger charge is -2.31. The number of para-hydroxylation sites is 3. The number of allylic oxidation sites excluding steroid dienone is 1. The van der Waals surface area contributed by atoms with Gasteiger partial charge in [-0.15, -0.1) is 0 Å². The van der Waals surface area contributed by atoms with Crippen molar-refractivity contribution < 1.29 is 4.42 Å². The van der Waals surface area contributed by atoms with Crippen LogP contribution < -0.4 is 10.6 Å². The Hall–Kier alpha value is -4.96. The molecule has 0 saturated heterocycles. The molecule has 7 rings (SSSR count). The van der Waals surface area contributed by atoms with Gasteiger partial charge in [0.1, 0.15) is 19.1 Å². The van der Waals surface area contributed by atoms with Crippen LogP contribution in [0.5, 0.6) is 0 Å². The van der Waals surface area contributed by atoms with Gasteiger partial charge in [0.15, 0.2) is 0 Å². The molecule has 4 heteroatoms. The summed E-state index contributed by atoms with van der Waals surface area (Å²) in [7, 11) is 2.29. The lowest BCUT2D eigenvalue weighted by molar-refractivity contribution is 0.635. The molecule has 1 aromatic heterocycles. The number of rotatable bonds is 6. The second-order valence-corrected chi connectivity index (χ2v) is 10.3. The predicted molar refractivity (Wildman–Crippen MR) is 170 cm³/mol. The zero-order valence-electron chi connectivity index (χ0n) is 22.4. The smallest absolute Gasteiger partial charge is 0.222 e. The summed E-state index contributed by atoms with van der Waals surface area (Å²) in [5.41, 5.74) is 11.6. The summed E-state index contributed by atoms with van der Waals surface area (Å²) >= 11 is 0. The molecule has 0 unspecified atom stereocenters. The minimum atomic E-state index is 0.320. The molecule has 6 aromatic rings. The number of furan rings is 1. The summed E-state index contributed by atoms with van der Waals surface area (Å²) in [5, 5.41) is 8.33. The molecule has 192 valence electrons. The highest BCUT2D eigenvalue weighted by Crippen LogP contribution is 2.45. The van der Waals surface area contributed by atoms with Gasteiger partial charge in [-0.3, -0.25) is 0 Å². The summed E-state index contributed by atoms with van der Waals surface area (Å²) in [6.07, 6.45) is 1.000. The summed E-state index contributed by atoms with van der Waals surface area (Å²) in [6.45, 7) is 0. The monoisotopic (exact) mass is 516 g/mol. The highest BCUT2D eigenvalue weighted by atomic mass is 16.4. The van der Waals surface area contributed by atoms with E-state index in [0.29, 0.717) is 11.8 Å². The van der Waals surface area contributed by atoms with E-state index in [1.54, 1.807) is 0 Å². The van der Waals surface area contributed by atoms with E-state index in [0.717, 1.165) is 34.5 Å². The zero-order chi connectivity index (χ0) is 26.9. The van der Waals surface area contributed by atoms with Crippen LogP contribution in [0.2, 0.25) is 0 Å². The van der Waals surface area contributed by atoms with E-state index in [2.05, 4.69) is 116 Å². The van der Waals surface area contributed by atoms with Gasteiger partial charge in [0.25, 0.3) is 0 Å². The number of nitrogens with one attached hydrogen (secondary N) is 2. The van der Waals surface area contributed by atoms with E-state index in [-0.39, 0.29) is 0 Å². The molecule has 5 aromatic carbocycles. The second-order valence-electron chi connectivity index (χ2n) is 10.3. The van der Waals surface area contributed by atoms with Crippen LogP contribution in [0.15, 0.2) is 143 Å². The van der Waals surface area contributed by atoms with Crippen LogP contribution >= 0.6 is 0 Å². The van der Waals surface area contributed by atoms with Crippen molar-refractivity contribution in [3.8, 4) is 0 Å². The first-order chi connectivity index (χ1) is 19.8. The number of benzene rings is 5. The second kappa shape index (κ2) is 10.3. The van der Waals surface area contributed by atoms with Crippen molar-refractivity contribution in [2.75, 3.05) is 10.6 Å². The van der Waals surface area contributed by atoms with Gasteiger partial charge in [-0.25, -0.2) is 0 Å². The first kappa shape index (κ1) is 24.1. The van der Waals surface area contributed by atoms with E-state index in [4.69, 9.17) is 4.42 Å². The normalized spacial score (nSPS) is 14.7. The first-order valence-electron chi connectivity index (χ1n) is 13.8. The van der Waals surface area contributed by atoms with Crippen LogP contribution in [0.1, 0.15) is 28.2 Å². The van der Waals surface area contributed by atoms with Crippen LogP contribution in [0.25, 0.3) is 16.5 Å². The minimum Gasteiger partial charge on any atom is -0.438 e. The molecular formula is C36H29BN2O. The summed E-state index contributed by atoms with van der Waals surface area (Å²) < 4.78 is 6.41. The maximum absolute atomic E-state index is 6.41. The Morgan fingerprint density at radius 3 is 2.10 bits per heavy atom. The average molecular weight is 516 g/mol. The Bertz CT molecular complexity index is 1840. The standard InChI is InChI=1S/C36H29BN2O/c37-34-30(24-13-3-1-4-14-24)23-25-15-7-8-18-27(25)33(34)28-19-9-11-21-31(28)39-36-35(38-26-16-5-2-6-17-26)29-20-10-12-22-32(29)40-36/h1-22,30,38-39H,23,37H2/t30-/m0/s1. The minimum absolute atomic E-state index is 0.320. The number of hydrogen-bond donors (Lipinski definition) is 2. The molecular weight excluding hydrogens is 487 g/mol. The molecule has 0 fully saturated rings. The van der Waals surface area contributed by atoms with Gasteiger partial charge >= 0.3 is 0 Å². The van der Waals surface area contributed by atoms with Gasteiger partial charge in [-0.05, 0) is 59.0 Å². The summed E-state index contributed by atoms with van der Waals surface area (Å²) in [4.78, 5) is 0. The third-order valence-electron chi connectivity index (χ3n) is 7.91. The Balaban J connectivity index is 1.36. The van der Waals surface area contributed by atoms with E-state index in [1.165, 1.54) is 33.3 Å². The van der Waals surface area contributed by atoms with Gasteiger partial charge in [0.2, 0.25) is 5.88 Å². The molecule has 0 aliphatic heterocycles. The lowest BCUT2D eigenvalue weighted by Crippen LogP contribution is -2.16. The number of hydrogen-bond acceptors (Lipinski definition) is 3. The Morgan fingerprint density at radius 2 is 1.27 bits per heavy atom. The summed E-state index contributed by atoms with van der Waals surface area (Å²) in [5.74, 6) is 1.01. The molecule has 40 heavy (non-hydrogen) atoms. The lowest BCUT2D eigenvalue weighted by atomic mass is 9.66. The molecule has 0 radical (unpaired) electrons. The van der Waals surface area contributed by atoms with Gasteiger partial charge < -0.3 is 15.1 Å². The maximum Gasteiger partial charge on any atom is 0.222 e.